The van der Waals surface area contributed by atoms with E-state index < -0.39 is 0 Å². The molecule has 1 unspecified atom stereocenters. The Labute approximate surface area is 116 Å². The van der Waals surface area contributed by atoms with Crippen LogP contribution in [0.4, 0.5) is 4.39 Å². The minimum absolute atomic E-state index is 0.0597. The molecule has 0 spiro atoms. The van der Waals surface area contributed by atoms with Crippen LogP contribution in [0.15, 0.2) is 12.1 Å². The molecule has 0 bridgehead atoms. The standard InChI is InChI=1S/C17H26FN/c1-5-19-16(17(4)8-6-7-9-17)14-10-12(2)15(18)13(3)11-14/h10-11,16,19H,5-9H2,1-4H3. The fourth-order valence-electron chi connectivity index (χ4n) is 3.59. The maximum Gasteiger partial charge on any atom is 0.129 e. The lowest BCUT2D eigenvalue weighted by Crippen LogP contribution is -2.34. The fourth-order valence-corrected chi connectivity index (χ4v) is 3.59. The van der Waals surface area contributed by atoms with E-state index in [0.717, 1.165) is 17.7 Å². The average Bonchev–Trinajstić information content (AvgIpc) is 2.80. The van der Waals surface area contributed by atoms with Gasteiger partial charge >= 0.3 is 0 Å². The Morgan fingerprint density at radius 3 is 2.21 bits per heavy atom. The predicted molar refractivity (Wildman–Crippen MR) is 78.9 cm³/mol. The predicted octanol–water partition coefficient (Wildman–Crippen LogP) is 4.67. The van der Waals surface area contributed by atoms with Gasteiger partial charge in [0.25, 0.3) is 0 Å². The number of hydrogen-bond donors (Lipinski definition) is 1. The Morgan fingerprint density at radius 2 is 1.74 bits per heavy atom. The van der Waals surface area contributed by atoms with Gasteiger partial charge in [0.1, 0.15) is 5.82 Å². The van der Waals surface area contributed by atoms with Crippen molar-refractivity contribution in [1.29, 1.82) is 0 Å². The molecule has 1 atom stereocenters. The van der Waals surface area contributed by atoms with E-state index in [1.165, 1.54) is 31.2 Å². The van der Waals surface area contributed by atoms with E-state index in [-0.39, 0.29) is 5.82 Å². The molecule has 0 amide bonds. The molecule has 0 saturated heterocycles. The molecule has 0 aliphatic heterocycles. The Hall–Kier alpha value is -0.890. The highest BCUT2D eigenvalue weighted by atomic mass is 19.1. The second kappa shape index (κ2) is 5.62. The second-order valence-corrected chi connectivity index (χ2v) is 6.32. The van der Waals surface area contributed by atoms with E-state index >= 15 is 0 Å². The van der Waals surface area contributed by atoms with Gasteiger partial charge in [-0.15, -0.1) is 0 Å². The summed E-state index contributed by atoms with van der Waals surface area (Å²) in [6.07, 6.45) is 5.16. The molecule has 1 aromatic carbocycles. The van der Waals surface area contributed by atoms with E-state index in [2.05, 4.69) is 19.2 Å². The highest BCUT2D eigenvalue weighted by molar-refractivity contribution is 5.33. The quantitative estimate of drug-likeness (QED) is 0.832. The Kier molecular flexibility index (Phi) is 4.29. The molecule has 106 valence electrons. The summed E-state index contributed by atoms with van der Waals surface area (Å²) >= 11 is 0. The van der Waals surface area contributed by atoms with Gasteiger partial charge in [0.05, 0.1) is 0 Å². The highest BCUT2D eigenvalue weighted by Crippen LogP contribution is 2.47. The van der Waals surface area contributed by atoms with E-state index in [9.17, 15) is 4.39 Å². The summed E-state index contributed by atoms with van der Waals surface area (Å²) in [7, 11) is 0. The third-order valence-corrected chi connectivity index (χ3v) is 4.64. The lowest BCUT2D eigenvalue weighted by Gasteiger charge is -2.35. The summed E-state index contributed by atoms with van der Waals surface area (Å²) in [5.41, 5.74) is 3.09. The minimum atomic E-state index is -0.0597. The molecule has 19 heavy (non-hydrogen) atoms. The summed E-state index contributed by atoms with van der Waals surface area (Å²) in [6.45, 7) is 9.21. The zero-order valence-electron chi connectivity index (χ0n) is 12.6. The van der Waals surface area contributed by atoms with Gasteiger partial charge < -0.3 is 5.32 Å². The van der Waals surface area contributed by atoms with Gasteiger partial charge in [-0.25, -0.2) is 4.39 Å². The molecular weight excluding hydrogens is 237 g/mol. The summed E-state index contributed by atoms with van der Waals surface area (Å²) in [5, 5.41) is 3.63. The van der Waals surface area contributed by atoms with Crippen molar-refractivity contribution in [3.05, 3.63) is 34.6 Å². The first-order valence-electron chi connectivity index (χ1n) is 7.48. The molecule has 1 aromatic rings. The third kappa shape index (κ3) is 2.84. The maximum atomic E-state index is 13.8. The topological polar surface area (TPSA) is 12.0 Å². The van der Waals surface area contributed by atoms with E-state index in [0.29, 0.717) is 11.5 Å². The van der Waals surface area contributed by atoms with Gasteiger partial charge in [-0.2, -0.15) is 0 Å². The van der Waals surface area contributed by atoms with Crippen LogP contribution in [0, 0.1) is 25.1 Å². The van der Waals surface area contributed by atoms with Crippen molar-refractivity contribution >= 4 is 0 Å². The number of rotatable bonds is 4. The van der Waals surface area contributed by atoms with E-state index in [1.807, 2.05) is 26.0 Å². The molecule has 1 saturated carbocycles. The minimum Gasteiger partial charge on any atom is -0.310 e. The maximum absolute atomic E-state index is 13.8. The molecule has 1 N–H and O–H groups in total. The molecule has 1 fully saturated rings. The molecule has 0 heterocycles. The number of nitrogens with one attached hydrogen (secondary N) is 1. The molecule has 1 aliphatic carbocycles. The number of benzene rings is 1. The third-order valence-electron chi connectivity index (χ3n) is 4.64. The normalized spacial score (nSPS) is 19.6. The zero-order valence-corrected chi connectivity index (χ0v) is 12.6. The van der Waals surface area contributed by atoms with Crippen molar-refractivity contribution in [2.45, 2.75) is 59.4 Å². The van der Waals surface area contributed by atoms with Crippen LogP contribution in [0.1, 0.15) is 62.3 Å². The largest absolute Gasteiger partial charge is 0.310 e. The molecular formula is C17H26FN. The van der Waals surface area contributed by atoms with Gasteiger partial charge in [0.15, 0.2) is 0 Å². The van der Waals surface area contributed by atoms with Crippen molar-refractivity contribution in [3.63, 3.8) is 0 Å². The lowest BCUT2D eigenvalue weighted by atomic mass is 9.76. The first kappa shape index (κ1) is 14.5. The van der Waals surface area contributed by atoms with Crippen LogP contribution in [0.25, 0.3) is 0 Å². The van der Waals surface area contributed by atoms with Crippen LogP contribution in [0.3, 0.4) is 0 Å². The monoisotopic (exact) mass is 263 g/mol. The van der Waals surface area contributed by atoms with Crippen molar-refractivity contribution < 1.29 is 4.39 Å². The van der Waals surface area contributed by atoms with Gasteiger partial charge in [-0.05, 0) is 55.3 Å². The average molecular weight is 263 g/mol. The lowest BCUT2D eigenvalue weighted by molar-refractivity contribution is 0.226. The fraction of sp³-hybridized carbons (Fsp3) is 0.647. The van der Waals surface area contributed by atoms with E-state index in [1.54, 1.807) is 0 Å². The van der Waals surface area contributed by atoms with Crippen LogP contribution in [0.2, 0.25) is 0 Å². The van der Waals surface area contributed by atoms with Crippen molar-refractivity contribution in [3.8, 4) is 0 Å². The van der Waals surface area contributed by atoms with Crippen molar-refractivity contribution in [1.82, 2.24) is 5.32 Å². The Bertz CT molecular complexity index is 424. The van der Waals surface area contributed by atoms with Crippen molar-refractivity contribution in [2.75, 3.05) is 6.54 Å². The van der Waals surface area contributed by atoms with E-state index in [4.69, 9.17) is 0 Å². The van der Waals surface area contributed by atoms with Crippen LogP contribution < -0.4 is 5.32 Å². The first-order chi connectivity index (χ1) is 8.98. The molecule has 1 aliphatic rings. The highest BCUT2D eigenvalue weighted by Gasteiger charge is 2.37. The summed E-state index contributed by atoms with van der Waals surface area (Å²) in [5.74, 6) is -0.0597. The summed E-state index contributed by atoms with van der Waals surface area (Å²) in [4.78, 5) is 0. The first-order valence-corrected chi connectivity index (χ1v) is 7.48. The van der Waals surface area contributed by atoms with Gasteiger partial charge in [0, 0.05) is 6.04 Å². The number of aryl methyl sites for hydroxylation is 2. The molecule has 0 radical (unpaired) electrons. The molecule has 2 heteroatoms. The molecule has 1 nitrogen and oxygen atoms in total. The SMILES string of the molecule is CCNC(c1cc(C)c(F)c(C)c1)C1(C)CCCC1. The van der Waals surface area contributed by atoms with Crippen LogP contribution >= 0.6 is 0 Å². The summed E-state index contributed by atoms with van der Waals surface area (Å²) in [6, 6.07) is 4.40. The Balaban J connectivity index is 2.39. The Morgan fingerprint density at radius 1 is 1.21 bits per heavy atom. The van der Waals surface area contributed by atoms with Gasteiger partial charge in [-0.3, -0.25) is 0 Å². The van der Waals surface area contributed by atoms with Crippen LogP contribution in [-0.2, 0) is 0 Å². The van der Waals surface area contributed by atoms with Crippen molar-refractivity contribution in [2.24, 2.45) is 5.41 Å². The summed E-state index contributed by atoms with van der Waals surface area (Å²) < 4.78 is 13.8. The smallest absolute Gasteiger partial charge is 0.129 e. The van der Waals surface area contributed by atoms with Crippen LogP contribution in [0.5, 0.6) is 0 Å². The zero-order chi connectivity index (χ0) is 14.0. The number of halogens is 1. The molecule has 0 aromatic heterocycles. The van der Waals surface area contributed by atoms with Gasteiger partial charge in [0.2, 0.25) is 0 Å². The molecule has 2 rings (SSSR count). The number of hydrogen-bond acceptors (Lipinski definition) is 1. The second-order valence-electron chi connectivity index (χ2n) is 6.32. The van der Waals surface area contributed by atoms with Gasteiger partial charge in [-0.1, -0.05) is 38.8 Å². The van der Waals surface area contributed by atoms with Crippen LogP contribution in [-0.4, -0.2) is 6.54 Å².